The maximum Gasteiger partial charge on any atom is 0.146 e. The lowest BCUT2D eigenvalue weighted by Crippen LogP contribution is -3.14. The molecule has 2 aliphatic rings. The third kappa shape index (κ3) is 2.63. The summed E-state index contributed by atoms with van der Waals surface area (Å²) >= 11 is 0. The zero-order chi connectivity index (χ0) is 17.3. The van der Waals surface area contributed by atoms with Crippen LogP contribution in [0, 0.1) is 0 Å². The van der Waals surface area contributed by atoms with Crippen molar-refractivity contribution in [3.8, 4) is 11.1 Å². The van der Waals surface area contributed by atoms with E-state index in [1.807, 2.05) is 18.3 Å². The molecule has 4 nitrogen and oxygen atoms in total. The molecule has 2 heterocycles. The predicted molar refractivity (Wildman–Crippen MR) is 102 cm³/mol. The van der Waals surface area contributed by atoms with E-state index in [2.05, 4.69) is 58.6 Å². The summed E-state index contributed by atoms with van der Waals surface area (Å²) < 4.78 is 5.32. The number of piperazine rings is 1. The molecule has 4 heteroatoms. The molecule has 3 aromatic rings. The number of furan rings is 1. The van der Waals surface area contributed by atoms with Crippen molar-refractivity contribution < 1.29 is 9.32 Å². The Morgan fingerprint density at radius 2 is 1.54 bits per heavy atom. The van der Waals surface area contributed by atoms with Crippen molar-refractivity contribution in [3.63, 3.8) is 0 Å². The Kier molecular flexibility index (Phi) is 3.83. The van der Waals surface area contributed by atoms with Crippen LogP contribution in [0.25, 0.3) is 11.1 Å². The minimum absolute atomic E-state index is 0.443. The molecule has 0 bridgehead atoms. The molecule has 1 aliphatic carbocycles. The van der Waals surface area contributed by atoms with E-state index in [0.29, 0.717) is 6.04 Å². The van der Waals surface area contributed by atoms with Gasteiger partial charge >= 0.3 is 0 Å². The molecule has 1 aliphatic heterocycles. The SMILES string of the molecule is C(=N/N1CC[NH+](C2c3ccccc3-c3ccccc32)CC1)/c1ccco1. The van der Waals surface area contributed by atoms with Gasteiger partial charge in [-0.15, -0.1) is 0 Å². The van der Waals surface area contributed by atoms with Gasteiger partial charge in [-0.25, -0.2) is 0 Å². The van der Waals surface area contributed by atoms with Gasteiger partial charge in [-0.05, 0) is 23.3 Å². The van der Waals surface area contributed by atoms with E-state index >= 15 is 0 Å². The van der Waals surface area contributed by atoms with Gasteiger partial charge in [0, 0.05) is 11.1 Å². The van der Waals surface area contributed by atoms with Crippen LogP contribution in [0.3, 0.4) is 0 Å². The molecule has 0 atom stereocenters. The van der Waals surface area contributed by atoms with Gasteiger partial charge in [-0.1, -0.05) is 48.5 Å². The summed E-state index contributed by atoms with van der Waals surface area (Å²) in [5.74, 6) is 0.804. The van der Waals surface area contributed by atoms with Gasteiger partial charge in [0.2, 0.25) is 0 Å². The summed E-state index contributed by atoms with van der Waals surface area (Å²) in [7, 11) is 0. The minimum Gasteiger partial charge on any atom is -0.463 e. The van der Waals surface area contributed by atoms with Gasteiger partial charge in [0.1, 0.15) is 11.8 Å². The first kappa shape index (κ1) is 15.4. The second-order valence-corrected chi connectivity index (χ2v) is 6.98. The standard InChI is InChI=1S/C22H21N3O/c1-3-9-20-18(7-1)19-8-2-4-10-21(19)22(20)24-11-13-25(14-12-24)23-16-17-6-5-15-26-17/h1-10,15-16,22H,11-14H2/p+1/b23-16-. The van der Waals surface area contributed by atoms with Crippen molar-refractivity contribution in [1.29, 1.82) is 0 Å². The Hall–Kier alpha value is -2.85. The third-order valence-electron chi connectivity index (χ3n) is 5.52. The highest BCUT2D eigenvalue weighted by molar-refractivity contribution is 5.78. The number of benzene rings is 2. The van der Waals surface area contributed by atoms with Crippen LogP contribution < -0.4 is 4.90 Å². The fraction of sp³-hybridized carbons (Fsp3) is 0.227. The summed E-state index contributed by atoms with van der Waals surface area (Å²) in [6, 6.07) is 22.0. The Morgan fingerprint density at radius 1 is 0.885 bits per heavy atom. The van der Waals surface area contributed by atoms with Crippen LogP contribution in [0.5, 0.6) is 0 Å². The second-order valence-electron chi connectivity index (χ2n) is 6.98. The van der Waals surface area contributed by atoms with Crippen molar-refractivity contribution in [2.45, 2.75) is 6.04 Å². The van der Waals surface area contributed by atoms with Crippen LogP contribution in [-0.2, 0) is 0 Å². The highest BCUT2D eigenvalue weighted by atomic mass is 16.3. The van der Waals surface area contributed by atoms with E-state index in [9.17, 15) is 0 Å². The first-order valence-corrected chi connectivity index (χ1v) is 9.25. The number of fused-ring (bicyclic) bond motifs is 3. The Labute approximate surface area is 153 Å². The number of nitrogens with one attached hydrogen (secondary N) is 1. The summed E-state index contributed by atoms with van der Waals surface area (Å²) in [5.41, 5.74) is 5.74. The molecule has 0 unspecified atom stereocenters. The first-order valence-electron chi connectivity index (χ1n) is 9.25. The molecular weight excluding hydrogens is 322 g/mol. The lowest BCUT2D eigenvalue weighted by Gasteiger charge is -2.34. The molecule has 1 fully saturated rings. The monoisotopic (exact) mass is 344 g/mol. The molecule has 2 aromatic carbocycles. The molecule has 0 spiro atoms. The number of hydrogen-bond donors (Lipinski definition) is 1. The maximum absolute atomic E-state index is 5.32. The zero-order valence-corrected chi connectivity index (χ0v) is 14.6. The number of nitrogens with zero attached hydrogens (tertiary/aromatic N) is 2. The average molecular weight is 344 g/mol. The average Bonchev–Trinajstić information content (AvgIpc) is 3.33. The molecule has 1 N–H and O–H groups in total. The van der Waals surface area contributed by atoms with E-state index in [-0.39, 0.29) is 0 Å². The first-order chi connectivity index (χ1) is 12.9. The molecular formula is C22H22N3O+. The van der Waals surface area contributed by atoms with Crippen LogP contribution in [0.1, 0.15) is 22.9 Å². The van der Waals surface area contributed by atoms with Crippen molar-refractivity contribution in [3.05, 3.63) is 83.8 Å². The molecule has 1 saturated heterocycles. The summed E-state index contributed by atoms with van der Waals surface area (Å²) in [6.07, 6.45) is 3.49. The highest BCUT2D eigenvalue weighted by Gasteiger charge is 2.37. The quantitative estimate of drug-likeness (QED) is 0.741. The van der Waals surface area contributed by atoms with E-state index in [0.717, 1.165) is 31.9 Å². The van der Waals surface area contributed by atoms with Crippen molar-refractivity contribution in [2.75, 3.05) is 26.2 Å². The third-order valence-corrected chi connectivity index (χ3v) is 5.52. The van der Waals surface area contributed by atoms with E-state index in [1.54, 1.807) is 11.2 Å². The lowest BCUT2D eigenvalue weighted by molar-refractivity contribution is -0.929. The smallest absolute Gasteiger partial charge is 0.146 e. The Morgan fingerprint density at radius 3 is 2.15 bits per heavy atom. The van der Waals surface area contributed by atoms with Crippen LogP contribution in [-0.4, -0.2) is 37.4 Å². The van der Waals surface area contributed by atoms with Crippen molar-refractivity contribution in [2.24, 2.45) is 5.10 Å². The van der Waals surface area contributed by atoms with E-state index in [4.69, 9.17) is 4.42 Å². The zero-order valence-electron chi connectivity index (χ0n) is 14.6. The van der Waals surface area contributed by atoms with Gasteiger partial charge in [0.05, 0.1) is 38.7 Å². The fourth-order valence-corrected chi connectivity index (χ4v) is 4.28. The van der Waals surface area contributed by atoms with Crippen LogP contribution in [0.4, 0.5) is 0 Å². The van der Waals surface area contributed by atoms with Crippen molar-refractivity contribution in [1.82, 2.24) is 5.01 Å². The van der Waals surface area contributed by atoms with Crippen LogP contribution in [0.15, 0.2) is 76.4 Å². The van der Waals surface area contributed by atoms with Crippen LogP contribution in [0.2, 0.25) is 0 Å². The second kappa shape index (κ2) is 6.46. The molecule has 0 amide bonds. The van der Waals surface area contributed by atoms with E-state index in [1.165, 1.54) is 22.3 Å². The topological polar surface area (TPSA) is 33.2 Å². The number of quaternary nitrogens is 1. The van der Waals surface area contributed by atoms with Gasteiger partial charge in [-0.2, -0.15) is 5.10 Å². The van der Waals surface area contributed by atoms with Crippen molar-refractivity contribution >= 4 is 6.21 Å². The van der Waals surface area contributed by atoms with Crippen LogP contribution >= 0.6 is 0 Å². The molecule has 130 valence electrons. The number of rotatable bonds is 3. The minimum atomic E-state index is 0.443. The van der Waals surface area contributed by atoms with Gasteiger partial charge in [-0.3, -0.25) is 5.01 Å². The lowest BCUT2D eigenvalue weighted by atomic mass is 10.0. The molecule has 26 heavy (non-hydrogen) atoms. The molecule has 5 rings (SSSR count). The molecule has 1 aromatic heterocycles. The largest absolute Gasteiger partial charge is 0.463 e. The van der Waals surface area contributed by atoms with Gasteiger partial charge in [0.25, 0.3) is 0 Å². The predicted octanol–water partition coefficient (Wildman–Crippen LogP) is 2.58. The van der Waals surface area contributed by atoms with Gasteiger partial charge < -0.3 is 9.32 Å². The summed E-state index contributed by atoms with van der Waals surface area (Å²) in [6.45, 7) is 4.10. The summed E-state index contributed by atoms with van der Waals surface area (Å²) in [4.78, 5) is 1.63. The summed E-state index contributed by atoms with van der Waals surface area (Å²) in [5, 5.41) is 6.73. The number of hydrogen-bond acceptors (Lipinski definition) is 3. The molecule has 0 saturated carbocycles. The Bertz CT molecular complexity index is 879. The molecule has 0 radical (unpaired) electrons. The maximum atomic E-state index is 5.32. The normalized spacial score (nSPS) is 17.6. The highest BCUT2D eigenvalue weighted by Crippen LogP contribution is 2.41. The van der Waals surface area contributed by atoms with E-state index < -0.39 is 0 Å². The number of hydrazone groups is 1. The Balaban J connectivity index is 1.35. The van der Waals surface area contributed by atoms with Gasteiger partial charge in [0.15, 0.2) is 0 Å². The fourth-order valence-electron chi connectivity index (χ4n) is 4.28.